The third-order valence-corrected chi connectivity index (χ3v) is 4.79. The molecular formula is C21H29IN4O2. The molecule has 0 atom stereocenters. The number of furan rings is 1. The minimum atomic E-state index is -0.250. The highest BCUT2D eigenvalue weighted by Crippen LogP contribution is 2.17. The van der Waals surface area contributed by atoms with Gasteiger partial charge >= 0.3 is 0 Å². The van der Waals surface area contributed by atoms with Gasteiger partial charge in [0.25, 0.3) is 5.91 Å². The molecule has 2 N–H and O–H groups in total. The summed E-state index contributed by atoms with van der Waals surface area (Å²) in [6.45, 7) is 8.01. The Balaban J connectivity index is 0.00000280. The van der Waals surface area contributed by atoms with Gasteiger partial charge in [-0.1, -0.05) is 19.1 Å². The summed E-state index contributed by atoms with van der Waals surface area (Å²) in [5, 5.41) is 6.22. The number of hydrogen-bond acceptors (Lipinski definition) is 3. The number of likely N-dealkylation sites (tertiary alicyclic amines) is 1. The van der Waals surface area contributed by atoms with E-state index < -0.39 is 0 Å². The van der Waals surface area contributed by atoms with Crippen LogP contribution in [0, 0.1) is 5.92 Å². The van der Waals surface area contributed by atoms with Crippen molar-refractivity contribution in [3.8, 4) is 0 Å². The molecular weight excluding hydrogens is 467 g/mol. The Hall–Kier alpha value is -2.03. The summed E-state index contributed by atoms with van der Waals surface area (Å²) >= 11 is 0. The Morgan fingerprint density at radius 2 is 1.93 bits per heavy atom. The van der Waals surface area contributed by atoms with Crippen molar-refractivity contribution in [1.29, 1.82) is 0 Å². The molecule has 1 amide bonds. The third kappa shape index (κ3) is 6.25. The molecule has 0 saturated carbocycles. The average Bonchev–Trinajstić information content (AvgIpc) is 3.22. The van der Waals surface area contributed by atoms with Crippen LogP contribution in [0.5, 0.6) is 0 Å². The van der Waals surface area contributed by atoms with Crippen LogP contribution in [0.3, 0.4) is 0 Å². The standard InChI is InChI=1S/C21H28N4O2.HI/c1-3-22-21(25-12-10-16(2)11-13-25)23-15-17-6-8-18(9-7-17)24-20(26)19-5-4-14-27-19;/h4-9,14,16H,3,10-13,15H2,1-2H3,(H,22,23)(H,24,26);1H. The number of carbonyl (C=O) groups is 1. The van der Waals surface area contributed by atoms with E-state index in [9.17, 15) is 4.79 Å². The topological polar surface area (TPSA) is 69.9 Å². The quantitative estimate of drug-likeness (QED) is 0.367. The molecule has 1 aliphatic rings. The van der Waals surface area contributed by atoms with Crippen molar-refractivity contribution in [3.05, 3.63) is 54.0 Å². The van der Waals surface area contributed by atoms with Gasteiger partial charge in [0, 0.05) is 25.3 Å². The van der Waals surface area contributed by atoms with Crippen LogP contribution in [0.2, 0.25) is 0 Å². The molecule has 1 aromatic heterocycles. The molecule has 2 aromatic rings. The molecule has 1 aromatic carbocycles. The van der Waals surface area contributed by atoms with Gasteiger partial charge in [0.15, 0.2) is 11.7 Å². The molecule has 3 rings (SSSR count). The van der Waals surface area contributed by atoms with Gasteiger partial charge in [-0.2, -0.15) is 0 Å². The molecule has 0 unspecified atom stereocenters. The largest absolute Gasteiger partial charge is 0.459 e. The first-order valence-electron chi connectivity index (χ1n) is 9.62. The lowest BCUT2D eigenvalue weighted by molar-refractivity contribution is 0.0996. The monoisotopic (exact) mass is 496 g/mol. The number of piperidine rings is 1. The zero-order chi connectivity index (χ0) is 19.1. The van der Waals surface area contributed by atoms with E-state index in [1.54, 1.807) is 12.1 Å². The van der Waals surface area contributed by atoms with Gasteiger partial charge in [0.2, 0.25) is 0 Å². The van der Waals surface area contributed by atoms with Gasteiger partial charge in [0.1, 0.15) is 0 Å². The molecule has 1 fully saturated rings. The summed E-state index contributed by atoms with van der Waals surface area (Å²) in [7, 11) is 0. The highest BCUT2D eigenvalue weighted by atomic mass is 127. The van der Waals surface area contributed by atoms with Crippen LogP contribution in [0.25, 0.3) is 0 Å². The van der Waals surface area contributed by atoms with Gasteiger partial charge in [-0.3, -0.25) is 4.79 Å². The smallest absolute Gasteiger partial charge is 0.291 e. The average molecular weight is 496 g/mol. The fourth-order valence-electron chi connectivity index (χ4n) is 3.11. The van der Waals surface area contributed by atoms with Gasteiger partial charge in [-0.25, -0.2) is 4.99 Å². The van der Waals surface area contributed by atoms with E-state index in [0.29, 0.717) is 12.3 Å². The SMILES string of the molecule is CCNC(=NCc1ccc(NC(=O)c2ccco2)cc1)N1CCC(C)CC1.I. The Labute approximate surface area is 183 Å². The second-order valence-electron chi connectivity index (χ2n) is 6.97. The summed E-state index contributed by atoms with van der Waals surface area (Å²) in [6.07, 6.45) is 3.92. The number of rotatable bonds is 5. The summed E-state index contributed by atoms with van der Waals surface area (Å²) in [5.41, 5.74) is 1.84. The number of carbonyl (C=O) groups excluding carboxylic acids is 1. The van der Waals surface area contributed by atoms with Crippen molar-refractivity contribution in [2.45, 2.75) is 33.2 Å². The fraction of sp³-hybridized carbons (Fsp3) is 0.429. The van der Waals surface area contributed by atoms with Crippen LogP contribution in [0.4, 0.5) is 5.69 Å². The molecule has 7 heteroatoms. The number of hydrogen-bond donors (Lipinski definition) is 2. The van der Waals surface area contributed by atoms with Crippen LogP contribution >= 0.6 is 24.0 Å². The van der Waals surface area contributed by atoms with E-state index in [-0.39, 0.29) is 29.9 Å². The molecule has 0 spiro atoms. The number of nitrogens with one attached hydrogen (secondary N) is 2. The number of aliphatic imine (C=N–C) groups is 1. The van der Waals surface area contributed by atoms with Crippen molar-refractivity contribution < 1.29 is 9.21 Å². The molecule has 0 aliphatic carbocycles. The summed E-state index contributed by atoms with van der Waals surface area (Å²) in [4.78, 5) is 19.1. The molecule has 28 heavy (non-hydrogen) atoms. The van der Waals surface area contributed by atoms with Gasteiger partial charge < -0.3 is 20.0 Å². The molecule has 1 saturated heterocycles. The van der Waals surface area contributed by atoms with Crippen molar-refractivity contribution in [1.82, 2.24) is 10.2 Å². The maximum absolute atomic E-state index is 12.0. The van der Waals surface area contributed by atoms with E-state index in [4.69, 9.17) is 9.41 Å². The Morgan fingerprint density at radius 1 is 1.21 bits per heavy atom. The van der Waals surface area contributed by atoms with E-state index in [1.165, 1.54) is 19.1 Å². The lowest BCUT2D eigenvalue weighted by Crippen LogP contribution is -2.45. The number of amides is 1. The first-order chi connectivity index (χ1) is 13.2. The summed E-state index contributed by atoms with van der Waals surface area (Å²) in [5.74, 6) is 1.84. The van der Waals surface area contributed by atoms with Crippen molar-refractivity contribution >= 4 is 41.5 Å². The van der Waals surface area contributed by atoms with Crippen LogP contribution < -0.4 is 10.6 Å². The predicted octanol–water partition coefficient (Wildman–Crippen LogP) is 4.35. The number of nitrogens with zero attached hydrogens (tertiary/aromatic N) is 2. The van der Waals surface area contributed by atoms with Crippen LogP contribution in [-0.2, 0) is 6.54 Å². The van der Waals surface area contributed by atoms with E-state index in [2.05, 4.69) is 29.4 Å². The highest BCUT2D eigenvalue weighted by molar-refractivity contribution is 14.0. The zero-order valence-corrected chi connectivity index (χ0v) is 18.8. The number of halogens is 1. The minimum absolute atomic E-state index is 0. The molecule has 0 radical (unpaired) electrons. The van der Waals surface area contributed by atoms with E-state index in [1.807, 2.05) is 24.3 Å². The summed E-state index contributed by atoms with van der Waals surface area (Å²) in [6, 6.07) is 11.1. The third-order valence-electron chi connectivity index (χ3n) is 4.79. The Bertz CT molecular complexity index is 751. The normalized spacial score (nSPS) is 15.1. The lowest BCUT2D eigenvalue weighted by atomic mass is 10.00. The number of anilines is 1. The molecule has 2 heterocycles. The van der Waals surface area contributed by atoms with Crippen LogP contribution in [0.1, 0.15) is 42.8 Å². The van der Waals surface area contributed by atoms with Crippen molar-refractivity contribution in [2.75, 3.05) is 25.0 Å². The lowest BCUT2D eigenvalue weighted by Gasteiger charge is -2.33. The van der Waals surface area contributed by atoms with E-state index in [0.717, 1.165) is 42.8 Å². The van der Waals surface area contributed by atoms with Gasteiger partial charge in [-0.15, -0.1) is 24.0 Å². The first kappa shape index (κ1) is 22.3. The number of benzene rings is 1. The molecule has 152 valence electrons. The second kappa shape index (κ2) is 11.1. The van der Waals surface area contributed by atoms with E-state index >= 15 is 0 Å². The van der Waals surface area contributed by atoms with Crippen molar-refractivity contribution in [2.24, 2.45) is 10.9 Å². The summed E-state index contributed by atoms with van der Waals surface area (Å²) < 4.78 is 5.10. The maximum atomic E-state index is 12.0. The second-order valence-corrected chi connectivity index (χ2v) is 6.97. The molecule has 1 aliphatic heterocycles. The van der Waals surface area contributed by atoms with Gasteiger partial charge in [-0.05, 0) is 55.5 Å². The Morgan fingerprint density at radius 3 is 2.54 bits per heavy atom. The molecule has 0 bridgehead atoms. The maximum Gasteiger partial charge on any atom is 0.291 e. The highest BCUT2D eigenvalue weighted by Gasteiger charge is 2.18. The molecule has 6 nitrogen and oxygen atoms in total. The van der Waals surface area contributed by atoms with Crippen LogP contribution in [-0.4, -0.2) is 36.4 Å². The van der Waals surface area contributed by atoms with Crippen LogP contribution in [0.15, 0.2) is 52.1 Å². The first-order valence-corrected chi connectivity index (χ1v) is 9.62. The fourth-order valence-corrected chi connectivity index (χ4v) is 3.11. The van der Waals surface area contributed by atoms with Crippen molar-refractivity contribution in [3.63, 3.8) is 0 Å². The number of guanidine groups is 1. The predicted molar refractivity (Wildman–Crippen MR) is 123 cm³/mol. The van der Waals surface area contributed by atoms with Gasteiger partial charge in [0.05, 0.1) is 12.8 Å². The zero-order valence-electron chi connectivity index (χ0n) is 16.5. The minimum Gasteiger partial charge on any atom is -0.459 e. The Kier molecular flexibility index (Phi) is 8.82.